The minimum absolute atomic E-state index is 0.0366. The Balaban J connectivity index is 1.86. The van der Waals surface area contributed by atoms with Crippen molar-refractivity contribution in [3.8, 4) is 5.75 Å². The van der Waals surface area contributed by atoms with Crippen LogP contribution in [0.1, 0.15) is 5.56 Å². The molecule has 0 spiro atoms. The Bertz CT molecular complexity index is 703. The molecule has 0 atom stereocenters. The van der Waals surface area contributed by atoms with Crippen LogP contribution in [-0.4, -0.2) is 29.6 Å². The molecule has 1 aliphatic heterocycles. The van der Waals surface area contributed by atoms with Crippen LogP contribution < -0.4 is 9.64 Å². The summed E-state index contributed by atoms with van der Waals surface area (Å²) in [5.41, 5.74) is 1.81. The summed E-state index contributed by atoms with van der Waals surface area (Å²) in [6, 6.07) is 17.4. The third kappa shape index (κ3) is 2.67. The van der Waals surface area contributed by atoms with Gasteiger partial charge in [0.25, 0.3) is 5.91 Å². The lowest BCUT2D eigenvalue weighted by Gasteiger charge is -2.21. The number of nitrogens with zero attached hydrogens (tertiary/aromatic N) is 2. The monoisotopic (exact) mass is 312 g/mol. The fraction of sp³-hybridized carbons (Fsp3) is 0.176. The maximum Gasteiger partial charge on any atom is 0.253 e. The molecule has 1 fully saturated rings. The van der Waals surface area contributed by atoms with Crippen LogP contribution in [0.2, 0.25) is 0 Å². The predicted molar refractivity (Wildman–Crippen MR) is 89.9 cm³/mol. The topological polar surface area (TPSA) is 32.8 Å². The SMILES string of the molecule is COc1ccccc1N1C(=O)CN(Cc2ccccc2)C1=S. The molecule has 1 amide bonds. The van der Waals surface area contributed by atoms with Gasteiger partial charge in [-0.2, -0.15) is 0 Å². The minimum Gasteiger partial charge on any atom is -0.495 e. The molecule has 0 radical (unpaired) electrons. The quantitative estimate of drug-likeness (QED) is 0.813. The largest absolute Gasteiger partial charge is 0.495 e. The average Bonchev–Trinajstić information content (AvgIpc) is 2.82. The number of methoxy groups -OCH3 is 1. The van der Waals surface area contributed by atoms with Crippen molar-refractivity contribution < 1.29 is 9.53 Å². The number of rotatable bonds is 4. The number of amides is 1. The van der Waals surface area contributed by atoms with Crippen LogP contribution in [0.15, 0.2) is 54.6 Å². The van der Waals surface area contributed by atoms with Crippen molar-refractivity contribution in [1.29, 1.82) is 0 Å². The molecule has 0 aliphatic carbocycles. The molecule has 0 aromatic heterocycles. The fourth-order valence-electron chi connectivity index (χ4n) is 2.53. The summed E-state index contributed by atoms with van der Waals surface area (Å²) in [6.07, 6.45) is 0. The molecular formula is C17H16N2O2S. The summed E-state index contributed by atoms with van der Waals surface area (Å²) in [5, 5.41) is 0.512. The number of anilines is 1. The van der Waals surface area contributed by atoms with Gasteiger partial charge in [-0.25, -0.2) is 0 Å². The van der Waals surface area contributed by atoms with Crippen LogP contribution in [-0.2, 0) is 11.3 Å². The first-order valence-corrected chi connectivity index (χ1v) is 7.40. The zero-order valence-corrected chi connectivity index (χ0v) is 13.0. The van der Waals surface area contributed by atoms with Gasteiger partial charge in [-0.05, 0) is 29.9 Å². The average molecular weight is 312 g/mol. The first kappa shape index (κ1) is 14.5. The first-order valence-electron chi connectivity index (χ1n) is 6.99. The van der Waals surface area contributed by atoms with Gasteiger partial charge in [0.05, 0.1) is 12.8 Å². The highest BCUT2D eigenvalue weighted by Crippen LogP contribution is 2.31. The van der Waals surface area contributed by atoms with E-state index in [1.807, 2.05) is 59.5 Å². The molecule has 1 saturated heterocycles. The molecule has 4 nitrogen and oxygen atoms in total. The van der Waals surface area contributed by atoms with Crippen LogP contribution in [0.5, 0.6) is 5.75 Å². The lowest BCUT2D eigenvalue weighted by atomic mass is 10.2. The van der Waals surface area contributed by atoms with Crippen molar-refractivity contribution in [3.05, 3.63) is 60.2 Å². The van der Waals surface area contributed by atoms with E-state index in [2.05, 4.69) is 0 Å². The van der Waals surface area contributed by atoms with E-state index in [9.17, 15) is 4.79 Å². The van der Waals surface area contributed by atoms with E-state index in [4.69, 9.17) is 17.0 Å². The number of hydrogen-bond acceptors (Lipinski definition) is 3. The maximum absolute atomic E-state index is 12.4. The van der Waals surface area contributed by atoms with Gasteiger partial charge in [-0.3, -0.25) is 9.69 Å². The van der Waals surface area contributed by atoms with Gasteiger partial charge in [-0.15, -0.1) is 0 Å². The van der Waals surface area contributed by atoms with Gasteiger partial charge in [0.1, 0.15) is 12.3 Å². The van der Waals surface area contributed by atoms with Crippen LogP contribution in [0.25, 0.3) is 0 Å². The van der Waals surface area contributed by atoms with Gasteiger partial charge in [0, 0.05) is 6.54 Å². The number of ether oxygens (including phenoxy) is 1. The third-order valence-corrected chi connectivity index (χ3v) is 4.02. The van der Waals surface area contributed by atoms with E-state index >= 15 is 0 Å². The molecule has 2 aromatic rings. The molecule has 22 heavy (non-hydrogen) atoms. The van der Waals surface area contributed by atoms with Crippen molar-refractivity contribution in [2.75, 3.05) is 18.6 Å². The molecule has 0 bridgehead atoms. The molecular weight excluding hydrogens is 296 g/mol. The molecule has 0 unspecified atom stereocenters. The second kappa shape index (κ2) is 6.15. The van der Waals surface area contributed by atoms with Crippen LogP contribution in [0.3, 0.4) is 0 Å². The minimum atomic E-state index is -0.0366. The summed E-state index contributed by atoms with van der Waals surface area (Å²) in [5.74, 6) is 0.602. The van der Waals surface area contributed by atoms with Gasteiger partial charge in [0.2, 0.25) is 0 Å². The second-order valence-electron chi connectivity index (χ2n) is 5.03. The highest BCUT2D eigenvalue weighted by atomic mass is 32.1. The van der Waals surface area contributed by atoms with Crippen molar-refractivity contribution >= 4 is 28.9 Å². The van der Waals surface area contributed by atoms with E-state index in [1.54, 1.807) is 12.0 Å². The maximum atomic E-state index is 12.4. The van der Waals surface area contributed by atoms with Crippen molar-refractivity contribution in [1.82, 2.24) is 4.90 Å². The van der Waals surface area contributed by atoms with E-state index in [0.29, 0.717) is 23.1 Å². The fourth-order valence-corrected chi connectivity index (χ4v) is 2.86. The number of thiocarbonyl (C=S) groups is 1. The first-order chi connectivity index (χ1) is 10.7. The molecule has 5 heteroatoms. The van der Waals surface area contributed by atoms with E-state index in [-0.39, 0.29) is 12.5 Å². The second-order valence-corrected chi connectivity index (χ2v) is 5.39. The summed E-state index contributed by atoms with van der Waals surface area (Å²) in [6.45, 7) is 0.906. The third-order valence-electron chi connectivity index (χ3n) is 3.58. The standard InChI is InChI=1S/C17H16N2O2S/c1-21-15-10-6-5-9-14(15)19-16(20)12-18(17(19)22)11-13-7-3-2-4-8-13/h2-10H,11-12H2,1H3. The lowest BCUT2D eigenvalue weighted by molar-refractivity contribution is -0.116. The molecule has 1 heterocycles. The number of para-hydroxylation sites is 2. The molecule has 112 valence electrons. The zero-order chi connectivity index (χ0) is 15.5. The van der Waals surface area contributed by atoms with Gasteiger partial charge >= 0.3 is 0 Å². The Kier molecular flexibility index (Phi) is 4.06. The summed E-state index contributed by atoms with van der Waals surface area (Å²) in [4.78, 5) is 15.9. The summed E-state index contributed by atoms with van der Waals surface area (Å²) >= 11 is 5.50. The smallest absolute Gasteiger partial charge is 0.253 e. The molecule has 3 rings (SSSR count). The van der Waals surface area contributed by atoms with Gasteiger partial charge in [-0.1, -0.05) is 42.5 Å². The van der Waals surface area contributed by atoms with Crippen LogP contribution in [0.4, 0.5) is 5.69 Å². The van der Waals surface area contributed by atoms with E-state index in [1.165, 1.54) is 0 Å². The number of carbonyl (C=O) groups is 1. The normalized spacial score (nSPS) is 14.6. The Hall–Kier alpha value is -2.40. The van der Waals surface area contributed by atoms with Crippen LogP contribution in [0, 0.1) is 0 Å². The predicted octanol–water partition coefficient (Wildman–Crippen LogP) is 2.83. The molecule has 1 aliphatic rings. The summed E-state index contributed by atoms with van der Waals surface area (Å²) < 4.78 is 5.34. The van der Waals surface area contributed by atoms with Crippen molar-refractivity contribution in [2.24, 2.45) is 0 Å². The Morgan fingerprint density at radius 3 is 2.50 bits per heavy atom. The highest BCUT2D eigenvalue weighted by molar-refractivity contribution is 7.80. The Labute approximate surface area is 134 Å². The molecule has 2 aromatic carbocycles. The van der Waals surface area contributed by atoms with Crippen molar-refractivity contribution in [3.63, 3.8) is 0 Å². The number of hydrogen-bond donors (Lipinski definition) is 0. The Morgan fingerprint density at radius 1 is 1.09 bits per heavy atom. The highest BCUT2D eigenvalue weighted by Gasteiger charge is 2.35. The van der Waals surface area contributed by atoms with Gasteiger partial charge < -0.3 is 9.64 Å². The Morgan fingerprint density at radius 2 is 1.77 bits per heavy atom. The van der Waals surface area contributed by atoms with E-state index in [0.717, 1.165) is 5.56 Å². The van der Waals surface area contributed by atoms with Gasteiger partial charge in [0.15, 0.2) is 5.11 Å². The number of carbonyl (C=O) groups excluding carboxylic acids is 1. The number of benzene rings is 2. The lowest BCUT2D eigenvalue weighted by Crippen LogP contribution is -2.32. The zero-order valence-electron chi connectivity index (χ0n) is 12.2. The molecule has 0 saturated carbocycles. The van der Waals surface area contributed by atoms with Crippen molar-refractivity contribution in [2.45, 2.75) is 6.54 Å². The molecule has 0 N–H and O–H groups in total. The summed E-state index contributed by atoms with van der Waals surface area (Å²) in [7, 11) is 1.59. The van der Waals surface area contributed by atoms with Crippen LogP contribution >= 0.6 is 12.2 Å². The van der Waals surface area contributed by atoms with E-state index < -0.39 is 0 Å².